The fraction of sp³-hybridized carbons (Fsp3) is 0.500. The van der Waals surface area contributed by atoms with Crippen LogP contribution in [-0.4, -0.2) is 40.5 Å². The fourth-order valence-corrected chi connectivity index (χ4v) is 2.01. The maximum atomic E-state index is 11.9. The second kappa shape index (κ2) is 6.09. The van der Waals surface area contributed by atoms with E-state index in [1.807, 2.05) is 0 Å². The lowest BCUT2D eigenvalue weighted by Gasteiger charge is -2.18. The van der Waals surface area contributed by atoms with Gasteiger partial charge in [0.1, 0.15) is 5.75 Å². The summed E-state index contributed by atoms with van der Waals surface area (Å²) >= 11 is 0. The number of aliphatic hydroxyl groups is 1. The summed E-state index contributed by atoms with van der Waals surface area (Å²) in [6, 6.07) is 4.25. The van der Waals surface area contributed by atoms with Gasteiger partial charge in [-0.1, -0.05) is 0 Å². The highest BCUT2D eigenvalue weighted by atomic mass is 16.6. The third kappa shape index (κ3) is 3.69. The van der Waals surface area contributed by atoms with Crippen molar-refractivity contribution in [3.8, 4) is 5.75 Å². The van der Waals surface area contributed by atoms with Crippen LogP contribution in [0.2, 0.25) is 0 Å². The van der Waals surface area contributed by atoms with Crippen LogP contribution in [0.15, 0.2) is 18.2 Å². The molecule has 1 N–H and O–H groups in total. The standard InChI is InChI=1S/C14H18N2O5/c1-9(17)12-7-11(16(19)20)5-6-13(12)21-8-14(18)15(2)10-3-4-10/h5-7,9-10,17H,3-4,8H2,1-2H3. The van der Waals surface area contributed by atoms with Crippen molar-refractivity contribution in [2.45, 2.75) is 31.9 Å². The second-order valence-corrected chi connectivity index (χ2v) is 5.18. The van der Waals surface area contributed by atoms with Crippen molar-refractivity contribution in [1.82, 2.24) is 4.90 Å². The number of likely N-dealkylation sites (N-methyl/N-ethyl adjacent to an activating group) is 1. The Morgan fingerprint density at radius 3 is 2.76 bits per heavy atom. The lowest BCUT2D eigenvalue weighted by atomic mass is 10.1. The van der Waals surface area contributed by atoms with Crippen LogP contribution >= 0.6 is 0 Å². The zero-order valence-corrected chi connectivity index (χ0v) is 12.0. The van der Waals surface area contributed by atoms with E-state index >= 15 is 0 Å². The Balaban J connectivity index is 2.08. The summed E-state index contributed by atoms with van der Waals surface area (Å²) in [5.74, 6) is 0.139. The molecular formula is C14H18N2O5. The predicted molar refractivity (Wildman–Crippen MR) is 75.0 cm³/mol. The summed E-state index contributed by atoms with van der Waals surface area (Å²) in [4.78, 5) is 23.7. The molecule has 1 aromatic carbocycles. The summed E-state index contributed by atoms with van der Waals surface area (Å²) in [6.45, 7) is 1.34. The number of ether oxygens (including phenoxy) is 1. The molecule has 1 fully saturated rings. The smallest absolute Gasteiger partial charge is 0.270 e. The number of aliphatic hydroxyl groups excluding tert-OH is 1. The minimum absolute atomic E-state index is 0.125. The van der Waals surface area contributed by atoms with Gasteiger partial charge >= 0.3 is 0 Å². The number of hydrogen-bond donors (Lipinski definition) is 1. The van der Waals surface area contributed by atoms with Crippen molar-refractivity contribution >= 4 is 11.6 Å². The van der Waals surface area contributed by atoms with Gasteiger partial charge in [-0.15, -0.1) is 0 Å². The lowest BCUT2D eigenvalue weighted by Crippen LogP contribution is -2.33. The maximum absolute atomic E-state index is 11.9. The Kier molecular flexibility index (Phi) is 4.42. The minimum atomic E-state index is -0.920. The Hall–Kier alpha value is -2.15. The molecule has 0 heterocycles. The third-order valence-electron chi connectivity index (χ3n) is 3.49. The van der Waals surface area contributed by atoms with Gasteiger partial charge in [0.15, 0.2) is 6.61 Å². The van der Waals surface area contributed by atoms with Crippen molar-refractivity contribution in [3.63, 3.8) is 0 Å². The van der Waals surface area contributed by atoms with Crippen LogP contribution in [0.3, 0.4) is 0 Å². The topological polar surface area (TPSA) is 92.9 Å². The van der Waals surface area contributed by atoms with E-state index in [9.17, 15) is 20.0 Å². The maximum Gasteiger partial charge on any atom is 0.270 e. The van der Waals surface area contributed by atoms with Crippen molar-refractivity contribution in [1.29, 1.82) is 0 Å². The molecular weight excluding hydrogens is 276 g/mol. The van der Waals surface area contributed by atoms with Crippen LogP contribution in [0.25, 0.3) is 0 Å². The molecule has 0 bridgehead atoms. The highest BCUT2D eigenvalue weighted by Crippen LogP contribution is 2.30. The van der Waals surface area contributed by atoms with Crippen LogP contribution in [0, 0.1) is 10.1 Å². The summed E-state index contributed by atoms with van der Waals surface area (Å²) in [5, 5.41) is 20.4. The van der Waals surface area contributed by atoms with E-state index in [0.717, 1.165) is 12.8 Å². The van der Waals surface area contributed by atoms with Crippen LogP contribution in [0.1, 0.15) is 31.4 Å². The number of non-ortho nitro benzene ring substituents is 1. The number of rotatable bonds is 6. The summed E-state index contributed by atoms with van der Waals surface area (Å²) in [7, 11) is 1.73. The summed E-state index contributed by atoms with van der Waals surface area (Å²) < 4.78 is 5.42. The van der Waals surface area contributed by atoms with Crippen LogP contribution < -0.4 is 4.74 Å². The number of amides is 1. The Morgan fingerprint density at radius 1 is 1.57 bits per heavy atom. The molecule has 0 saturated heterocycles. The molecule has 0 aromatic heterocycles. The van der Waals surface area contributed by atoms with E-state index < -0.39 is 11.0 Å². The number of carbonyl (C=O) groups excluding carboxylic acids is 1. The number of hydrogen-bond acceptors (Lipinski definition) is 5. The molecule has 0 radical (unpaired) electrons. The molecule has 1 unspecified atom stereocenters. The number of nitro benzene ring substituents is 1. The lowest BCUT2D eigenvalue weighted by molar-refractivity contribution is -0.385. The quantitative estimate of drug-likeness (QED) is 0.636. The zero-order valence-electron chi connectivity index (χ0n) is 12.0. The molecule has 1 aromatic rings. The van der Waals surface area contributed by atoms with Gasteiger partial charge in [0.25, 0.3) is 11.6 Å². The summed E-state index contributed by atoms with van der Waals surface area (Å²) in [6.07, 6.45) is 1.10. The Morgan fingerprint density at radius 2 is 2.24 bits per heavy atom. The van der Waals surface area contributed by atoms with Gasteiger partial charge in [-0.05, 0) is 25.8 Å². The van der Waals surface area contributed by atoms with Gasteiger partial charge in [0.05, 0.1) is 11.0 Å². The van der Waals surface area contributed by atoms with Gasteiger partial charge < -0.3 is 14.7 Å². The van der Waals surface area contributed by atoms with E-state index in [1.165, 1.54) is 25.1 Å². The minimum Gasteiger partial charge on any atom is -0.483 e. The van der Waals surface area contributed by atoms with Crippen LogP contribution in [0.4, 0.5) is 5.69 Å². The second-order valence-electron chi connectivity index (χ2n) is 5.18. The first kappa shape index (κ1) is 15.2. The molecule has 2 rings (SSSR count). The van der Waals surface area contributed by atoms with Gasteiger partial charge in [0.2, 0.25) is 0 Å². The van der Waals surface area contributed by atoms with E-state index in [2.05, 4.69) is 0 Å². The van der Waals surface area contributed by atoms with E-state index in [4.69, 9.17) is 4.74 Å². The molecule has 1 amide bonds. The SMILES string of the molecule is CC(O)c1cc([N+](=O)[O-])ccc1OCC(=O)N(C)C1CC1. The molecule has 1 atom stereocenters. The zero-order chi connectivity index (χ0) is 15.6. The monoisotopic (exact) mass is 294 g/mol. The first-order chi connectivity index (χ1) is 9.90. The van der Waals surface area contributed by atoms with E-state index in [1.54, 1.807) is 11.9 Å². The molecule has 114 valence electrons. The van der Waals surface area contributed by atoms with E-state index in [0.29, 0.717) is 11.6 Å². The molecule has 0 aliphatic heterocycles. The number of benzene rings is 1. The molecule has 1 aliphatic carbocycles. The van der Waals surface area contributed by atoms with Crippen molar-refractivity contribution < 1.29 is 19.6 Å². The molecule has 1 saturated carbocycles. The molecule has 7 heteroatoms. The number of nitro groups is 1. The molecule has 1 aliphatic rings. The number of carbonyl (C=O) groups is 1. The first-order valence-electron chi connectivity index (χ1n) is 6.75. The summed E-state index contributed by atoms with van der Waals surface area (Å²) in [5.41, 5.74) is 0.172. The average molecular weight is 294 g/mol. The largest absolute Gasteiger partial charge is 0.483 e. The van der Waals surface area contributed by atoms with E-state index in [-0.39, 0.29) is 24.0 Å². The van der Waals surface area contributed by atoms with Crippen LogP contribution in [0.5, 0.6) is 5.75 Å². The Labute approximate surface area is 122 Å². The third-order valence-corrected chi connectivity index (χ3v) is 3.49. The number of nitrogens with zero attached hydrogens (tertiary/aromatic N) is 2. The average Bonchev–Trinajstić information content (AvgIpc) is 3.27. The highest BCUT2D eigenvalue weighted by Gasteiger charge is 2.29. The van der Waals surface area contributed by atoms with Gasteiger partial charge in [0, 0.05) is 30.8 Å². The first-order valence-corrected chi connectivity index (χ1v) is 6.75. The molecule has 0 spiro atoms. The fourth-order valence-electron chi connectivity index (χ4n) is 2.01. The van der Waals surface area contributed by atoms with Gasteiger partial charge in [-0.3, -0.25) is 14.9 Å². The predicted octanol–water partition coefficient (Wildman–Crippen LogP) is 1.65. The Bertz CT molecular complexity index is 554. The highest BCUT2D eigenvalue weighted by molar-refractivity contribution is 5.78. The van der Waals surface area contributed by atoms with Gasteiger partial charge in [-0.25, -0.2) is 0 Å². The van der Waals surface area contributed by atoms with Crippen molar-refractivity contribution in [3.05, 3.63) is 33.9 Å². The van der Waals surface area contributed by atoms with Gasteiger partial charge in [-0.2, -0.15) is 0 Å². The normalized spacial score (nSPS) is 15.4. The van der Waals surface area contributed by atoms with Crippen molar-refractivity contribution in [2.24, 2.45) is 0 Å². The van der Waals surface area contributed by atoms with Crippen LogP contribution in [-0.2, 0) is 4.79 Å². The van der Waals surface area contributed by atoms with Crippen molar-refractivity contribution in [2.75, 3.05) is 13.7 Å². The molecule has 21 heavy (non-hydrogen) atoms. The molecule has 7 nitrogen and oxygen atoms in total.